The van der Waals surface area contributed by atoms with Crippen LogP contribution in [0.4, 0.5) is 10.1 Å². The molecular weight excluding hydrogens is 301 g/mol. The van der Waals surface area contributed by atoms with E-state index in [-0.39, 0.29) is 14.9 Å². The van der Waals surface area contributed by atoms with Gasteiger partial charge in [0.05, 0.1) is 10.7 Å². The van der Waals surface area contributed by atoms with Crippen LogP contribution in [0.2, 0.25) is 5.02 Å². The van der Waals surface area contributed by atoms with Crippen molar-refractivity contribution in [3.63, 3.8) is 0 Å². The lowest BCUT2D eigenvalue weighted by atomic mass is 10.3. The zero-order valence-electron chi connectivity index (χ0n) is 8.72. The van der Waals surface area contributed by atoms with Gasteiger partial charge in [0.2, 0.25) is 0 Å². The summed E-state index contributed by atoms with van der Waals surface area (Å²) in [4.78, 5) is 0. The Hall–Kier alpha value is -1.31. The number of phenolic OH excluding ortho intramolecular Hbond substituents is 1. The molecule has 0 atom stereocenters. The molecule has 0 radical (unpaired) electrons. The molecule has 1 aromatic carbocycles. The third-order valence-electron chi connectivity index (χ3n) is 2.04. The number of halogens is 2. The van der Waals surface area contributed by atoms with E-state index in [4.69, 9.17) is 16.7 Å². The van der Waals surface area contributed by atoms with Gasteiger partial charge in [-0.1, -0.05) is 17.7 Å². The Labute approximate surface area is 112 Å². The van der Waals surface area contributed by atoms with Gasteiger partial charge >= 0.3 is 0 Å². The molecule has 0 aliphatic heterocycles. The van der Waals surface area contributed by atoms with Gasteiger partial charge in [0.1, 0.15) is 9.96 Å². The summed E-state index contributed by atoms with van der Waals surface area (Å²) in [6.07, 6.45) is 0. The summed E-state index contributed by atoms with van der Waals surface area (Å²) in [6, 6.07) is 4.72. The molecule has 4 nitrogen and oxygen atoms in total. The van der Waals surface area contributed by atoms with Crippen LogP contribution >= 0.6 is 22.9 Å². The minimum Gasteiger partial charge on any atom is -0.506 e. The highest BCUT2D eigenvalue weighted by molar-refractivity contribution is 7.94. The number of benzene rings is 1. The summed E-state index contributed by atoms with van der Waals surface area (Å²) in [5.74, 6) is -1.36. The zero-order chi connectivity index (χ0) is 13.3. The van der Waals surface area contributed by atoms with Crippen LogP contribution in [0, 0.1) is 5.82 Å². The normalized spacial score (nSPS) is 11.4. The van der Waals surface area contributed by atoms with Crippen molar-refractivity contribution in [2.24, 2.45) is 0 Å². The summed E-state index contributed by atoms with van der Waals surface area (Å²) in [5, 5.41) is 10.6. The fourth-order valence-electron chi connectivity index (χ4n) is 1.23. The van der Waals surface area contributed by atoms with Crippen molar-refractivity contribution in [3.05, 3.63) is 40.5 Å². The maximum absolute atomic E-state index is 13.5. The molecule has 1 aromatic heterocycles. The Kier molecular flexibility index (Phi) is 3.47. The Morgan fingerprint density at radius 3 is 2.72 bits per heavy atom. The van der Waals surface area contributed by atoms with Crippen LogP contribution in [-0.2, 0) is 10.0 Å². The number of phenols is 1. The van der Waals surface area contributed by atoms with Crippen LogP contribution in [0.3, 0.4) is 0 Å². The van der Waals surface area contributed by atoms with E-state index in [1.54, 1.807) is 11.4 Å². The average molecular weight is 308 g/mol. The maximum Gasteiger partial charge on any atom is 0.271 e. The second kappa shape index (κ2) is 4.75. The second-order valence-electron chi connectivity index (χ2n) is 3.32. The lowest BCUT2D eigenvalue weighted by Crippen LogP contribution is -2.12. The summed E-state index contributed by atoms with van der Waals surface area (Å²) in [6.45, 7) is 0. The van der Waals surface area contributed by atoms with Gasteiger partial charge in [-0.05, 0) is 17.5 Å². The average Bonchev–Trinajstić information content (AvgIpc) is 2.79. The van der Waals surface area contributed by atoms with Crippen LogP contribution in [0.25, 0.3) is 0 Å². The first kappa shape index (κ1) is 13.1. The van der Waals surface area contributed by atoms with Crippen molar-refractivity contribution in [2.75, 3.05) is 4.72 Å². The van der Waals surface area contributed by atoms with E-state index < -0.39 is 21.6 Å². The smallest absolute Gasteiger partial charge is 0.271 e. The van der Waals surface area contributed by atoms with Gasteiger partial charge in [0, 0.05) is 6.07 Å². The molecule has 0 aliphatic carbocycles. The molecule has 0 bridgehead atoms. The first-order valence-electron chi connectivity index (χ1n) is 4.64. The van der Waals surface area contributed by atoms with Crippen LogP contribution in [-0.4, -0.2) is 13.5 Å². The van der Waals surface area contributed by atoms with Gasteiger partial charge in [-0.25, -0.2) is 12.8 Å². The highest BCUT2D eigenvalue weighted by Crippen LogP contribution is 2.30. The maximum atomic E-state index is 13.5. The SMILES string of the molecule is O=S(=O)(Nc1cc(Cl)c(O)cc1F)c1cccs1. The van der Waals surface area contributed by atoms with Crippen LogP contribution in [0.15, 0.2) is 33.9 Å². The van der Waals surface area contributed by atoms with E-state index in [2.05, 4.69) is 4.72 Å². The molecule has 2 rings (SSSR count). The molecule has 0 saturated heterocycles. The van der Waals surface area contributed by atoms with Gasteiger partial charge in [0.25, 0.3) is 10.0 Å². The van der Waals surface area contributed by atoms with E-state index in [1.807, 2.05) is 0 Å². The number of aromatic hydroxyl groups is 1. The van der Waals surface area contributed by atoms with Gasteiger partial charge in [-0.2, -0.15) is 0 Å². The topological polar surface area (TPSA) is 66.4 Å². The summed E-state index contributed by atoms with van der Waals surface area (Å²) >= 11 is 6.60. The Bertz CT molecular complexity index is 671. The van der Waals surface area contributed by atoms with Gasteiger partial charge < -0.3 is 5.11 Å². The van der Waals surface area contributed by atoms with Crippen LogP contribution in [0.5, 0.6) is 5.75 Å². The number of anilines is 1. The highest BCUT2D eigenvalue weighted by atomic mass is 35.5. The number of hydrogen-bond acceptors (Lipinski definition) is 4. The summed E-state index contributed by atoms with van der Waals surface area (Å²) < 4.78 is 39.3. The predicted octanol–water partition coefficient (Wildman–Crippen LogP) is 3.05. The molecule has 18 heavy (non-hydrogen) atoms. The summed E-state index contributed by atoms with van der Waals surface area (Å²) in [5.41, 5.74) is -0.314. The molecule has 8 heteroatoms. The fourth-order valence-corrected chi connectivity index (χ4v) is 3.44. The fraction of sp³-hybridized carbons (Fsp3) is 0. The molecule has 2 aromatic rings. The van der Waals surface area contributed by atoms with Crippen LogP contribution < -0.4 is 4.72 Å². The third-order valence-corrected chi connectivity index (χ3v) is 5.11. The zero-order valence-corrected chi connectivity index (χ0v) is 11.1. The second-order valence-corrected chi connectivity index (χ2v) is 6.59. The molecule has 0 aliphatic rings. The van der Waals surface area contributed by atoms with Crippen molar-refractivity contribution in [1.82, 2.24) is 0 Å². The molecule has 0 spiro atoms. The van der Waals surface area contributed by atoms with E-state index in [0.717, 1.165) is 23.5 Å². The van der Waals surface area contributed by atoms with Crippen molar-refractivity contribution in [1.29, 1.82) is 0 Å². The van der Waals surface area contributed by atoms with Crippen molar-refractivity contribution in [3.8, 4) is 5.75 Å². The highest BCUT2D eigenvalue weighted by Gasteiger charge is 2.18. The first-order valence-corrected chi connectivity index (χ1v) is 7.38. The monoisotopic (exact) mass is 307 g/mol. The minimum atomic E-state index is -3.83. The Morgan fingerprint density at radius 1 is 1.39 bits per heavy atom. The standard InChI is InChI=1S/C10H7ClFNO3S2/c11-6-4-8(7(12)5-9(6)14)13-18(15,16)10-2-1-3-17-10/h1-5,13-14H. The molecule has 96 valence electrons. The molecule has 1 heterocycles. The van der Waals surface area contributed by atoms with Crippen molar-refractivity contribution in [2.45, 2.75) is 4.21 Å². The van der Waals surface area contributed by atoms with Crippen molar-refractivity contribution < 1.29 is 17.9 Å². The largest absolute Gasteiger partial charge is 0.506 e. The van der Waals surface area contributed by atoms with E-state index in [9.17, 15) is 12.8 Å². The number of hydrogen-bond donors (Lipinski definition) is 2. The molecule has 2 N–H and O–H groups in total. The Balaban J connectivity index is 2.39. The number of thiophene rings is 1. The molecule has 0 unspecified atom stereocenters. The molecular formula is C10H7ClFNO3S2. The van der Waals surface area contributed by atoms with Gasteiger partial charge in [-0.3, -0.25) is 4.72 Å². The number of rotatable bonds is 3. The predicted molar refractivity (Wildman–Crippen MR) is 68.2 cm³/mol. The summed E-state index contributed by atoms with van der Waals surface area (Å²) in [7, 11) is -3.83. The van der Waals surface area contributed by atoms with Crippen molar-refractivity contribution >= 4 is 38.6 Å². The lowest BCUT2D eigenvalue weighted by molar-refractivity contribution is 0.470. The van der Waals surface area contributed by atoms with Gasteiger partial charge in [-0.15, -0.1) is 11.3 Å². The van der Waals surface area contributed by atoms with E-state index in [1.165, 1.54) is 6.07 Å². The molecule has 0 saturated carbocycles. The van der Waals surface area contributed by atoms with E-state index >= 15 is 0 Å². The van der Waals surface area contributed by atoms with Gasteiger partial charge in [0.15, 0.2) is 5.82 Å². The Morgan fingerprint density at radius 2 is 2.11 bits per heavy atom. The quantitative estimate of drug-likeness (QED) is 0.857. The lowest BCUT2D eigenvalue weighted by Gasteiger charge is -2.08. The number of sulfonamides is 1. The molecule has 0 fully saturated rings. The molecule has 0 amide bonds. The van der Waals surface area contributed by atoms with Crippen LogP contribution in [0.1, 0.15) is 0 Å². The van der Waals surface area contributed by atoms with E-state index in [0.29, 0.717) is 0 Å². The third kappa shape index (κ3) is 2.58. The number of nitrogens with one attached hydrogen (secondary N) is 1. The first-order chi connectivity index (χ1) is 8.40. The minimum absolute atomic E-state index is 0.0612.